The number of amides is 2. The predicted octanol–water partition coefficient (Wildman–Crippen LogP) is 5.60. The van der Waals surface area contributed by atoms with E-state index < -0.39 is 12.0 Å². The first kappa shape index (κ1) is 23.4. The van der Waals surface area contributed by atoms with Gasteiger partial charge in [-0.15, -0.1) is 0 Å². The number of nitrogens with one attached hydrogen (secondary N) is 2. The van der Waals surface area contributed by atoms with Crippen LogP contribution in [0.2, 0.25) is 0 Å². The summed E-state index contributed by atoms with van der Waals surface area (Å²) in [7, 11) is 0. The number of ether oxygens (including phenoxy) is 2. The van der Waals surface area contributed by atoms with Crippen molar-refractivity contribution in [1.82, 2.24) is 10.6 Å². The normalized spacial score (nSPS) is 16.5. The van der Waals surface area contributed by atoms with Gasteiger partial charge in [0.15, 0.2) is 0 Å². The van der Waals surface area contributed by atoms with Crippen LogP contribution in [0.3, 0.4) is 0 Å². The maximum Gasteiger partial charge on any atom is 0.338 e. The molecule has 170 valence electrons. The number of allylic oxidation sites excluding steroid dienone is 1. The zero-order valence-electron chi connectivity index (χ0n) is 19.6. The Kier molecular flexibility index (Phi) is 6.92. The second-order valence-corrected chi connectivity index (χ2v) is 9.51. The minimum Gasteiger partial charge on any atom is -0.462 e. The van der Waals surface area contributed by atoms with E-state index in [1.807, 2.05) is 50.2 Å². The fourth-order valence-corrected chi connectivity index (χ4v) is 3.42. The van der Waals surface area contributed by atoms with Gasteiger partial charge in [0.25, 0.3) is 0 Å². The van der Waals surface area contributed by atoms with Gasteiger partial charge < -0.3 is 20.1 Å². The van der Waals surface area contributed by atoms with Crippen molar-refractivity contribution in [3.8, 4) is 11.5 Å². The number of urea groups is 1. The van der Waals surface area contributed by atoms with E-state index in [1.165, 1.54) is 5.56 Å². The Balaban J connectivity index is 1.78. The molecule has 0 aliphatic carbocycles. The molecule has 6 heteroatoms. The Bertz CT molecular complexity index is 1000. The van der Waals surface area contributed by atoms with Gasteiger partial charge in [-0.25, -0.2) is 9.59 Å². The molecule has 2 aromatic carbocycles. The molecule has 1 heterocycles. The van der Waals surface area contributed by atoms with Crippen molar-refractivity contribution in [1.29, 1.82) is 0 Å². The molecule has 0 aromatic heterocycles. The molecular formula is C26H32N2O4. The molecule has 0 bridgehead atoms. The molecule has 1 aliphatic rings. The minimum atomic E-state index is -0.594. The lowest BCUT2D eigenvalue weighted by Crippen LogP contribution is -2.45. The molecule has 1 unspecified atom stereocenters. The standard InChI is InChI=1S/C26H32N2O4/c1-16(2)15-31-24(29)22-17(3)27-25(30)28-23(22)18-7-11-20(12-8-18)32-21-13-9-19(10-14-21)26(4,5)6/h7-14,16,23H,15H2,1-6H3,(H2,27,28,30). The van der Waals surface area contributed by atoms with Crippen molar-refractivity contribution in [2.45, 2.75) is 53.0 Å². The van der Waals surface area contributed by atoms with Crippen LogP contribution in [0.5, 0.6) is 11.5 Å². The Morgan fingerprint density at radius 3 is 2.09 bits per heavy atom. The van der Waals surface area contributed by atoms with Crippen LogP contribution in [0.1, 0.15) is 58.7 Å². The van der Waals surface area contributed by atoms with Gasteiger partial charge in [0.05, 0.1) is 18.2 Å². The molecular weight excluding hydrogens is 404 g/mol. The summed E-state index contributed by atoms with van der Waals surface area (Å²) in [5.41, 5.74) is 2.98. The summed E-state index contributed by atoms with van der Waals surface area (Å²) in [6.45, 7) is 12.5. The molecule has 3 rings (SSSR count). The van der Waals surface area contributed by atoms with E-state index >= 15 is 0 Å². The van der Waals surface area contributed by atoms with Crippen LogP contribution in [0.15, 0.2) is 59.8 Å². The van der Waals surface area contributed by atoms with Crippen molar-refractivity contribution in [2.75, 3.05) is 6.61 Å². The zero-order valence-corrected chi connectivity index (χ0v) is 19.6. The fraction of sp³-hybridized carbons (Fsp3) is 0.385. The van der Waals surface area contributed by atoms with Gasteiger partial charge in [0.2, 0.25) is 0 Å². The van der Waals surface area contributed by atoms with Crippen LogP contribution in [0.4, 0.5) is 4.79 Å². The van der Waals surface area contributed by atoms with Gasteiger partial charge in [-0.3, -0.25) is 0 Å². The minimum absolute atomic E-state index is 0.0825. The number of hydrogen-bond acceptors (Lipinski definition) is 4. The molecule has 6 nitrogen and oxygen atoms in total. The molecule has 0 radical (unpaired) electrons. The summed E-state index contributed by atoms with van der Waals surface area (Å²) in [4.78, 5) is 24.8. The number of benzene rings is 2. The van der Waals surface area contributed by atoms with Crippen molar-refractivity contribution < 1.29 is 19.1 Å². The van der Waals surface area contributed by atoms with Gasteiger partial charge >= 0.3 is 12.0 Å². The summed E-state index contributed by atoms with van der Waals surface area (Å²) in [5.74, 6) is 1.20. The number of carbonyl (C=O) groups excluding carboxylic acids is 2. The van der Waals surface area contributed by atoms with E-state index in [1.54, 1.807) is 6.92 Å². The van der Waals surface area contributed by atoms with E-state index in [2.05, 4.69) is 43.5 Å². The van der Waals surface area contributed by atoms with Crippen LogP contribution in [-0.4, -0.2) is 18.6 Å². The van der Waals surface area contributed by atoms with Crippen LogP contribution in [0.25, 0.3) is 0 Å². The Morgan fingerprint density at radius 2 is 1.56 bits per heavy atom. The number of rotatable bonds is 6. The molecule has 2 aromatic rings. The maximum atomic E-state index is 12.7. The largest absolute Gasteiger partial charge is 0.462 e. The van der Waals surface area contributed by atoms with E-state index in [-0.39, 0.29) is 17.4 Å². The lowest BCUT2D eigenvalue weighted by molar-refractivity contribution is -0.140. The summed E-state index contributed by atoms with van der Waals surface area (Å²) < 4.78 is 11.4. The average molecular weight is 437 g/mol. The van der Waals surface area contributed by atoms with Crippen molar-refractivity contribution >= 4 is 12.0 Å². The van der Waals surface area contributed by atoms with E-state index in [4.69, 9.17) is 9.47 Å². The summed E-state index contributed by atoms with van der Waals surface area (Å²) in [6.07, 6.45) is 0. The highest BCUT2D eigenvalue weighted by Gasteiger charge is 2.32. The second kappa shape index (κ2) is 9.47. The van der Waals surface area contributed by atoms with Gasteiger partial charge in [0, 0.05) is 5.70 Å². The molecule has 0 saturated heterocycles. The molecule has 2 amide bonds. The number of carbonyl (C=O) groups is 2. The zero-order chi connectivity index (χ0) is 23.5. The van der Waals surface area contributed by atoms with E-state index in [0.717, 1.165) is 11.3 Å². The smallest absolute Gasteiger partial charge is 0.338 e. The van der Waals surface area contributed by atoms with Crippen molar-refractivity contribution in [3.05, 3.63) is 70.9 Å². The topological polar surface area (TPSA) is 76.7 Å². The van der Waals surface area contributed by atoms with Crippen LogP contribution < -0.4 is 15.4 Å². The lowest BCUT2D eigenvalue weighted by atomic mass is 9.87. The summed E-state index contributed by atoms with van der Waals surface area (Å²) >= 11 is 0. The molecule has 32 heavy (non-hydrogen) atoms. The predicted molar refractivity (Wildman–Crippen MR) is 125 cm³/mol. The second-order valence-electron chi connectivity index (χ2n) is 9.51. The number of esters is 1. The molecule has 2 N–H and O–H groups in total. The third-order valence-electron chi connectivity index (χ3n) is 5.21. The third-order valence-corrected chi connectivity index (χ3v) is 5.21. The molecule has 0 fully saturated rings. The Labute approximate surface area is 190 Å². The monoisotopic (exact) mass is 436 g/mol. The summed E-state index contributed by atoms with van der Waals surface area (Å²) in [5, 5.41) is 5.48. The van der Waals surface area contributed by atoms with Crippen LogP contribution >= 0.6 is 0 Å². The Hall–Kier alpha value is -3.28. The van der Waals surface area contributed by atoms with Crippen molar-refractivity contribution in [3.63, 3.8) is 0 Å². The van der Waals surface area contributed by atoms with Crippen LogP contribution in [-0.2, 0) is 14.9 Å². The van der Waals surface area contributed by atoms with Gasteiger partial charge in [-0.2, -0.15) is 0 Å². The lowest BCUT2D eigenvalue weighted by Gasteiger charge is -2.28. The molecule has 1 aliphatic heterocycles. The summed E-state index contributed by atoms with van der Waals surface area (Å²) in [6, 6.07) is 14.4. The van der Waals surface area contributed by atoms with Gasteiger partial charge in [-0.1, -0.05) is 58.9 Å². The highest BCUT2D eigenvalue weighted by Crippen LogP contribution is 2.31. The first-order valence-corrected chi connectivity index (χ1v) is 10.9. The molecule has 0 spiro atoms. The van der Waals surface area contributed by atoms with Crippen LogP contribution in [0, 0.1) is 5.92 Å². The fourth-order valence-electron chi connectivity index (χ4n) is 3.42. The third kappa shape index (κ3) is 5.69. The maximum absolute atomic E-state index is 12.7. The first-order chi connectivity index (χ1) is 15.0. The first-order valence-electron chi connectivity index (χ1n) is 10.9. The molecule has 0 saturated carbocycles. The SMILES string of the molecule is CC1=C(C(=O)OCC(C)C)C(c2ccc(Oc3ccc(C(C)(C)C)cc3)cc2)NC(=O)N1. The van der Waals surface area contributed by atoms with Gasteiger partial charge in [-0.05, 0) is 53.6 Å². The Morgan fingerprint density at radius 1 is 1.00 bits per heavy atom. The van der Waals surface area contributed by atoms with Gasteiger partial charge in [0.1, 0.15) is 11.5 Å². The molecule has 1 atom stereocenters. The van der Waals surface area contributed by atoms with E-state index in [0.29, 0.717) is 23.6 Å². The quantitative estimate of drug-likeness (QED) is 0.578. The highest BCUT2D eigenvalue weighted by molar-refractivity contribution is 5.95. The average Bonchev–Trinajstić information content (AvgIpc) is 2.72. The highest BCUT2D eigenvalue weighted by atomic mass is 16.5. The van der Waals surface area contributed by atoms with Crippen molar-refractivity contribution in [2.24, 2.45) is 5.92 Å². The number of hydrogen-bond donors (Lipinski definition) is 2. The van der Waals surface area contributed by atoms with E-state index in [9.17, 15) is 9.59 Å².